The molecule has 1 aliphatic heterocycles. The van der Waals surface area contributed by atoms with Crippen molar-refractivity contribution in [1.29, 1.82) is 0 Å². The number of hydrogen-bond acceptors (Lipinski definition) is 4. The highest BCUT2D eigenvalue weighted by atomic mass is 19.1. The number of nitrogens with zero attached hydrogens (tertiary/aromatic N) is 2. The number of fused-ring (bicyclic) bond motifs is 1. The highest BCUT2D eigenvalue weighted by Gasteiger charge is 2.62. The van der Waals surface area contributed by atoms with Crippen molar-refractivity contribution in [2.75, 3.05) is 26.8 Å². The van der Waals surface area contributed by atoms with Crippen LogP contribution < -0.4 is 0 Å². The second-order valence-electron chi connectivity index (χ2n) is 8.72. The zero-order valence-electron chi connectivity index (χ0n) is 16.0. The summed E-state index contributed by atoms with van der Waals surface area (Å²) < 4.78 is 24.8. The molecule has 2 heterocycles. The van der Waals surface area contributed by atoms with Crippen molar-refractivity contribution in [3.63, 3.8) is 0 Å². The monoisotopic (exact) mass is 358 g/mol. The molecule has 0 spiro atoms. The Kier molecular flexibility index (Phi) is 4.20. The maximum atomic E-state index is 13.5. The number of aryl methyl sites for hydroxylation is 1. The third kappa shape index (κ3) is 2.87. The highest BCUT2D eigenvalue weighted by Crippen LogP contribution is 2.62. The van der Waals surface area contributed by atoms with Gasteiger partial charge >= 0.3 is 0 Å². The van der Waals surface area contributed by atoms with E-state index < -0.39 is 0 Å². The Balaban J connectivity index is 1.52. The molecule has 0 radical (unpaired) electrons. The van der Waals surface area contributed by atoms with Gasteiger partial charge in [-0.1, -0.05) is 19.9 Å². The quantitative estimate of drug-likeness (QED) is 0.799. The Hall–Kier alpha value is -1.72. The van der Waals surface area contributed by atoms with Crippen molar-refractivity contribution >= 4 is 0 Å². The molecule has 2 atom stereocenters. The summed E-state index contributed by atoms with van der Waals surface area (Å²) in [6, 6.07) is 6.39. The van der Waals surface area contributed by atoms with Crippen LogP contribution in [0.3, 0.4) is 0 Å². The van der Waals surface area contributed by atoms with Crippen LogP contribution in [0.25, 0.3) is 11.5 Å². The second-order valence-corrected chi connectivity index (χ2v) is 8.72. The summed E-state index contributed by atoms with van der Waals surface area (Å²) in [4.78, 5) is 7.12. The van der Waals surface area contributed by atoms with Crippen LogP contribution in [0.1, 0.15) is 31.7 Å². The van der Waals surface area contributed by atoms with Gasteiger partial charge in [0.1, 0.15) is 11.6 Å². The fraction of sp³-hybridized carbons (Fsp3) is 0.571. The molecule has 1 aromatic carbocycles. The molecule has 0 unspecified atom stereocenters. The molecule has 1 saturated carbocycles. The molecular formula is C21H27FN2O2. The van der Waals surface area contributed by atoms with Crippen molar-refractivity contribution in [2.45, 2.75) is 33.7 Å². The summed E-state index contributed by atoms with van der Waals surface area (Å²) in [5.74, 6) is 1.68. The van der Waals surface area contributed by atoms with Gasteiger partial charge in [0, 0.05) is 37.7 Å². The van der Waals surface area contributed by atoms with E-state index in [0.717, 1.165) is 37.7 Å². The molecule has 1 aromatic heterocycles. The molecule has 4 nitrogen and oxygen atoms in total. The summed E-state index contributed by atoms with van der Waals surface area (Å²) in [6.07, 6.45) is 1.21. The van der Waals surface area contributed by atoms with Crippen LogP contribution in [0.15, 0.2) is 28.7 Å². The van der Waals surface area contributed by atoms with Gasteiger partial charge in [0.15, 0.2) is 0 Å². The van der Waals surface area contributed by atoms with Gasteiger partial charge in [-0.05, 0) is 42.9 Å². The van der Waals surface area contributed by atoms with Gasteiger partial charge in [0.25, 0.3) is 0 Å². The topological polar surface area (TPSA) is 38.5 Å². The van der Waals surface area contributed by atoms with Crippen LogP contribution >= 0.6 is 0 Å². The molecule has 2 fully saturated rings. The molecular weight excluding hydrogens is 331 g/mol. The van der Waals surface area contributed by atoms with Crippen LogP contribution in [0.2, 0.25) is 0 Å². The predicted molar refractivity (Wildman–Crippen MR) is 98.1 cm³/mol. The highest BCUT2D eigenvalue weighted by molar-refractivity contribution is 5.53. The van der Waals surface area contributed by atoms with Crippen LogP contribution in [0.5, 0.6) is 0 Å². The minimum Gasteiger partial charge on any atom is -0.441 e. The number of aromatic nitrogens is 1. The van der Waals surface area contributed by atoms with E-state index in [1.54, 1.807) is 13.2 Å². The lowest BCUT2D eigenvalue weighted by atomic mass is 9.48. The average molecular weight is 358 g/mol. The number of methoxy groups -OCH3 is 1. The first kappa shape index (κ1) is 17.7. The van der Waals surface area contributed by atoms with Crippen molar-refractivity contribution < 1.29 is 13.5 Å². The Labute approximate surface area is 154 Å². The first-order valence-corrected chi connectivity index (χ1v) is 9.26. The number of likely N-dealkylation sites (tertiary alicyclic amines) is 1. The molecule has 0 N–H and O–H groups in total. The van der Waals surface area contributed by atoms with E-state index >= 15 is 0 Å². The molecule has 4 rings (SSSR count). The van der Waals surface area contributed by atoms with Gasteiger partial charge < -0.3 is 9.15 Å². The number of hydrogen-bond donors (Lipinski definition) is 0. The van der Waals surface area contributed by atoms with E-state index in [1.165, 1.54) is 18.6 Å². The Bertz CT molecular complexity index is 816. The molecule has 0 bridgehead atoms. The fourth-order valence-corrected chi connectivity index (χ4v) is 5.36. The smallest absolute Gasteiger partial charge is 0.226 e. The van der Waals surface area contributed by atoms with E-state index in [1.807, 2.05) is 13.0 Å². The Morgan fingerprint density at radius 2 is 2.19 bits per heavy atom. The van der Waals surface area contributed by atoms with Gasteiger partial charge in [-0.3, -0.25) is 4.90 Å². The van der Waals surface area contributed by atoms with E-state index in [-0.39, 0.29) is 11.2 Å². The van der Waals surface area contributed by atoms with E-state index in [0.29, 0.717) is 22.8 Å². The Morgan fingerprint density at radius 1 is 1.38 bits per heavy atom. The number of ether oxygens (including phenoxy) is 1. The van der Waals surface area contributed by atoms with Crippen LogP contribution in [-0.2, 0) is 11.3 Å². The molecule has 5 heteroatoms. The molecule has 2 aliphatic rings. The molecule has 0 amide bonds. The Morgan fingerprint density at radius 3 is 2.88 bits per heavy atom. The third-order valence-electron chi connectivity index (χ3n) is 6.24. The summed E-state index contributed by atoms with van der Waals surface area (Å²) >= 11 is 0. The number of rotatable bonds is 5. The lowest BCUT2D eigenvalue weighted by Gasteiger charge is -2.56. The maximum Gasteiger partial charge on any atom is 0.226 e. The largest absolute Gasteiger partial charge is 0.441 e. The zero-order chi connectivity index (χ0) is 18.5. The lowest BCUT2D eigenvalue weighted by molar-refractivity contribution is -0.107. The van der Waals surface area contributed by atoms with Gasteiger partial charge in [-0.2, -0.15) is 0 Å². The number of oxazole rings is 1. The fourth-order valence-electron chi connectivity index (χ4n) is 5.36. The summed E-state index contributed by atoms with van der Waals surface area (Å²) in [7, 11) is 1.80. The lowest BCUT2D eigenvalue weighted by Crippen LogP contribution is -2.55. The number of halogens is 1. The minimum atomic E-state index is -0.278. The average Bonchev–Trinajstić information content (AvgIpc) is 3.07. The van der Waals surface area contributed by atoms with Crippen molar-refractivity contribution in [3.05, 3.63) is 41.5 Å². The SMILES string of the molecule is COC[C@@]12CN(Cc3nc(-c4cccc(F)c4)oc3C)C[C@@H]1C(C)(C)C2. The minimum absolute atomic E-state index is 0.278. The summed E-state index contributed by atoms with van der Waals surface area (Å²) in [5, 5.41) is 0. The first-order chi connectivity index (χ1) is 12.3. The summed E-state index contributed by atoms with van der Waals surface area (Å²) in [6.45, 7) is 10.3. The van der Waals surface area contributed by atoms with Crippen molar-refractivity contribution in [3.8, 4) is 11.5 Å². The van der Waals surface area contributed by atoms with Crippen LogP contribution in [0.4, 0.5) is 4.39 Å². The molecule has 1 saturated heterocycles. The number of benzene rings is 1. The predicted octanol–water partition coefficient (Wildman–Crippen LogP) is 4.28. The molecule has 26 heavy (non-hydrogen) atoms. The van der Waals surface area contributed by atoms with Crippen molar-refractivity contribution in [1.82, 2.24) is 9.88 Å². The standard InChI is InChI=1S/C21H27FN2O2/c1-14-17(23-19(26-14)15-6-5-7-16(22)8-15)9-24-10-18-20(2,3)11-21(18,12-24)13-25-4/h5-8,18H,9-13H2,1-4H3/t18-,21-/m1/s1. The van der Waals surface area contributed by atoms with Crippen LogP contribution in [0, 0.1) is 29.5 Å². The zero-order valence-corrected chi connectivity index (χ0v) is 16.0. The van der Waals surface area contributed by atoms with E-state index in [2.05, 4.69) is 23.7 Å². The molecule has 2 aromatic rings. The van der Waals surface area contributed by atoms with Gasteiger partial charge in [-0.15, -0.1) is 0 Å². The summed E-state index contributed by atoms with van der Waals surface area (Å²) in [5.41, 5.74) is 2.27. The van der Waals surface area contributed by atoms with Gasteiger partial charge in [0.05, 0.1) is 12.3 Å². The molecule has 1 aliphatic carbocycles. The normalized spacial score (nSPS) is 27.3. The molecule has 140 valence electrons. The van der Waals surface area contributed by atoms with E-state index in [4.69, 9.17) is 9.15 Å². The van der Waals surface area contributed by atoms with Gasteiger partial charge in [-0.25, -0.2) is 9.37 Å². The maximum absolute atomic E-state index is 13.5. The second kappa shape index (κ2) is 6.17. The van der Waals surface area contributed by atoms with Crippen molar-refractivity contribution in [2.24, 2.45) is 16.7 Å². The first-order valence-electron chi connectivity index (χ1n) is 9.26. The van der Waals surface area contributed by atoms with E-state index in [9.17, 15) is 4.39 Å². The van der Waals surface area contributed by atoms with Crippen LogP contribution in [-0.4, -0.2) is 36.7 Å². The third-order valence-corrected chi connectivity index (χ3v) is 6.24. The van der Waals surface area contributed by atoms with Gasteiger partial charge in [0.2, 0.25) is 5.89 Å².